The molecule has 1 fully saturated rings. The lowest BCUT2D eigenvalue weighted by molar-refractivity contribution is -0.0455. The van der Waals surface area contributed by atoms with Gasteiger partial charge in [-0.2, -0.15) is 0 Å². The second-order valence-electron chi connectivity index (χ2n) is 6.38. The Bertz CT molecular complexity index is 382. The van der Waals surface area contributed by atoms with Gasteiger partial charge in [-0.1, -0.05) is 25.8 Å². The molecule has 21 heavy (non-hydrogen) atoms. The number of thiophene rings is 1. The van der Waals surface area contributed by atoms with Gasteiger partial charge in [-0.25, -0.2) is 0 Å². The normalized spacial score (nSPS) is 25.7. The van der Waals surface area contributed by atoms with E-state index in [1.807, 2.05) is 0 Å². The van der Waals surface area contributed by atoms with Crippen molar-refractivity contribution in [1.29, 1.82) is 0 Å². The van der Waals surface area contributed by atoms with Crippen molar-refractivity contribution in [1.82, 2.24) is 5.32 Å². The van der Waals surface area contributed by atoms with Crippen molar-refractivity contribution in [2.45, 2.75) is 64.2 Å². The molecule has 2 rings (SSSR count). The van der Waals surface area contributed by atoms with Crippen LogP contribution in [0.15, 0.2) is 17.5 Å². The van der Waals surface area contributed by atoms with Crippen LogP contribution in [0.4, 0.5) is 0 Å². The van der Waals surface area contributed by atoms with E-state index in [1.54, 1.807) is 11.3 Å². The molecule has 4 heteroatoms. The Morgan fingerprint density at radius 3 is 2.95 bits per heavy atom. The first-order chi connectivity index (χ1) is 10.1. The smallest absolute Gasteiger partial charge is 0.0897 e. The molecule has 1 heterocycles. The Kier molecular flexibility index (Phi) is 7.17. The van der Waals surface area contributed by atoms with E-state index in [0.29, 0.717) is 31.2 Å². The van der Waals surface area contributed by atoms with Crippen molar-refractivity contribution in [3.05, 3.63) is 22.4 Å². The average Bonchev–Trinajstić information content (AvgIpc) is 2.97. The molecule has 0 amide bonds. The highest BCUT2D eigenvalue weighted by molar-refractivity contribution is 7.09. The molecule has 1 aromatic rings. The van der Waals surface area contributed by atoms with Crippen LogP contribution in [0.1, 0.15) is 44.4 Å². The summed E-state index contributed by atoms with van der Waals surface area (Å²) >= 11 is 1.79. The van der Waals surface area contributed by atoms with E-state index in [4.69, 9.17) is 4.74 Å². The number of hydrogen-bond acceptors (Lipinski definition) is 4. The first kappa shape index (κ1) is 16.9. The van der Waals surface area contributed by atoms with Gasteiger partial charge in [-0.05, 0) is 43.6 Å². The SMILES string of the molecule is CC(Cc1cccs1)NCC(O)COC1CCCCC1C. The van der Waals surface area contributed by atoms with Crippen molar-refractivity contribution in [2.75, 3.05) is 13.2 Å². The lowest BCUT2D eigenvalue weighted by Gasteiger charge is -2.29. The van der Waals surface area contributed by atoms with Gasteiger partial charge in [0.2, 0.25) is 0 Å². The van der Waals surface area contributed by atoms with E-state index in [9.17, 15) is 5.11 Å². The number of nitrogens with one attached hydrogen (secondary N) is 1. The quantitative estimate of drug-likeness (QED) is 0.774. The maximum absolute atomic E-state index is 10.1. The van der Waals surface area contributed by atoms with Crippen LogP contribution >= 0.6 is 11.3 Å². The highest BCUT2D eigenvalue weighted by Gasteiger charge is 2.22. The number of aliphatic hydroxyl groups excluding tert-OH is 1. The molecule has 4 unspecified atom stereocenters. The Balaban J connectivity index is 1.59. The minimum absolute atomic E-state index is 0.344. The Morgan fingerprint density at radius 1 is 1.43 bits per heavy atom. The third-order valence-electron chi connectivity index (χ3n) is 4.32. The summed E-state index contributed by atoms with van der Waals surface area (Å²) in [6, 6.07) is 4.63. The van der Waals surface area contributed by atoms with Crippen LogP contribution in [0.5, 0.6) is 0 Å². The van der Waals surface area contributed by atoms with Crippen LogP contribution in [0.25, 0.3) is 0 Å². The first-order valence-corrected chi connectivity index (χ1v) is 9.08. The average molecular weight is 311 g/mol. The standard InChI is InChI=1S/C17H29NO2S/c1-13-6-3-4-8-17(13)20-12-15(19)11-18-14(2)10-16-7-5-9-21-16/h5,7,9,13-15,17-19H,3-4,6,8,10-12H2,1-2H3. The van der Waals surface area contributed by atoms with E-state index in [-0.39, 0.29) is 0 Å². The molecule has 0 aromatic carbocycles. The van der Waals surface area contributed by atoms with Gasteiger partial charge in [0.25, 0.3) is 0 Å². The number of rotatable bonds is 8. The van der Waals surface area contributed by atoms with Crippen LogP contribution in [0.2, 0.25) is 0 Å². The predicted octanol–water partition coefficient (Wildman–Crippen LogP) is 3.22. The monoisotopic (exact) mass is 311 g/mol. The third-order valence-corrected chi connectivity index (χ3v) is 5.22. The third kappa shape index (κ3) is 6.07. The van der Waals surface area contributed by atoms with Crippen LogP contribution < -0.4 is 5.32 Å². The number of aliphatic hydroxyl groups is 1. The maximum atomic E-state index is 10.1. The molecule has 0 aliphatic heterocycles. The van der Waals surface area contributed by atoms with Gasteiger partial charge in [-0.3, -0.25) is 0 Å². The Labute approximate surface area is 132 Å². The molecular formula is C17H29NO2S. The van der Waals surface area contributed by atoms with Crippen LogP contribution in [0, 0.1) is 5.92 Å². The highest BCUT2D eigenvalue weighted by Crippen LogP contribution is 2.26. The van der Waals surface area contributed by atoms with Gasteiger partial charge < -0.3 is 15.2 Å². The zero-order valence-corrected chi connectivity index (χ0v) is 14.1. The van der Waals surface area contributed by atoms with Crippen molar-refractivity contribution in [3.63, 3.8) is 0 Å². The van der Waals surface area contributed by atoms with Crippen molar-refractivity contribution >= 4 is 11.3 Å². The largest absolute Gasteiger partial charge is 0.389 e. The molecule has 1 aromatic heterocycles. The van der Waals surface area contributed by atoms with Gasteiger partial charge in [0.05, 0.1) is 18.8 Å². The molecule has 3 nitrogen and oxygen atoms in total. The number of hydrogen-bond donors (Lipinski definition) is 2. The fraction of sp³-hybridized carbons (Fsp3) is 0.765. The van der Waals surface area contributed by atoms with E-state index in [0.717, 1.165) is 12.8 Å². The van der Waals surface area contributed by atoms with E-state index in [1.165, 1.54) is 24.1 Å². The summed E-state index contributed by atoms with van der Waals surface area (Å²) in [6.07, 6.45) is 5.95. The summed E-state index contributed by atoms with van der Waals surface area (Å²) in [5.41, 5.74) is 0. The highest BCUT2D eigenvalue weighted by atomic mass is 32.1. The molecule has 0 radical (unpaired) electrons. The van der Waals surface area contributed by atoms with Crippen molar-refractivity contribution < 1.29 is 9.84 Å². The van der Waals surface area contributed by atoms with Gasteiger partial charge in [0.15, 0.2) is 0 Å². The molecule has 1 aliphatic rings. The minimum atomic E-state index is -0.412. The summed E-state index contributed by atoms with van der Waals surface area (Å²) in [5, 5.41) is 15.6. The minimum Gasteiger partial charge on any atom is -0.389 e. The molecular weight excluding hydrogens is 282 g/mol. The first-order valence-electron chi connectivity index (χ1n) is 8.20. The summed E-state index contributed by atoms with van der Waals surface area (Å²) in [6.45, 7) is 5.48. The lowest BCUT2D eigenvalue weighted by Crippen LogP contribution is -2.38. The molecule has 1 saturated carbocycles. The topological polar surface area (TPSA) is 41.5 Å². The van der Waals surface area contributed by atoms with Gasteiger partial charge in [-0.15, -0.1) is 11.3 Å². The predicted molar refractivity (Wildman–Crippen MR) is 88.9 cm³/mol. The van der Waals surface area contributed by atoms with Crippen molar-refractivity contribution in [3.8, 4) is 0 Å². The summed E-state index contributed by atoms with van der Waals surface area (Å²) in [5.74, 6) is 0.636. The second-order valence-corrected chi connectivity index (χ2v) is 7.41. The van der Waals surface area contributed by atoms with Crippen LogP contribution in [0.3, 0.4) is 0 Å². The van der Waals surface area contributed by atoms with E-state index < -0.39 is 6.10 Å². The molecule has 2 N–H and O–H groups in total. The van der Waals surface area contributed by atoms with Crippen LogP contribution in [-0.4, -0.2) is 36.5 Å². The maximum Gasteiger partial charge on any atom is 0.0897 e. The van der Waals surface area contributed by atoms with Crippen LogP contribution in [-0.2, 0) is 11.2 Å². The van der Waals surface area contributed by atoms with Gasteiger partial charge in [0, 0.05) is 17.5 Å². The van der Waals surface area contributed by atoms with Crippen molar-refractivity contribution in [2.24, 2.45) is 5.92 Å². The Morgan fingerprint density at radius 2 is 2.24 bits per heavy atom. The van der Waals surface area contributed by atoms with Gasteiger partial charge in [0.1, 0.15) is 0 Å². The molecule has 0 spiro atoms. The molecule has 120 valence electrons. The summed E-state index contributed by atoms with van der Waals surface area (Å²) in [4.78, 5) is 1.39. The summed E-state index contributed by atoms with van der Waals surface area (Å²) < 4.78 is 5.91. The molecule has 0 saturated heterocycles. The van der Waals surface area contributed by atoms with Gasteiger partial charge >= 0.3 is 0 Å². The fourth-order valence-electron chi connectivity index (χ4n) is 2.96. The van der Waals surface area contributed by atoms with E-state index >= 15 is 0 Å². The zero-order chi connectivity index (χ0) is 15.1. The second kappa shape index (κ2) is 8.89. The van der Waals surface area contributed by atoms with E-state index in [2.05, 4.69) is 36.7 Å². The molecule has 1 aliphatic carbocycles. The molecule has 0 bridgehead atoms. The number of ether oxygens (including phenoxy) is 1. The fourth-order valence-corrected chi connectivity index (χ4v) is 3.80. The lowest BCUT2D eigenvalue weighted by atomic mass is 9.88. The molecule has 4 atom stereocenters. The zero-order valence-electron chi connectivity index (χ0n) is 13.3. The summed E-state index contributed by atoms with van der Waals surface area (Å²) in [7, 11) is 0. The Hall–Kier alpha value is -0.420.